The van der Waals surface area contributed by atoms with Crippen molar-refractivity contribution in [2.75, 3.05) is 12.3 Å². The molecule has 118 valence electrons. The van der Waals surface area contributed by atoms with Crippen molar-refractivity contribution in [3.05, 3.63) is 33.5 Å². The van der Waals surface area contributed by atoms with E-state index >= 15 is 0 Å². The predicted molar refractivity (Wildman–Crippen MR) is 76.6 cm³/mol. The van der Waals surface area contributed by atoms with Gasteiger partial charge in [0.1, 0.15) is 18.1 Å². The first-order valence-electron chi connectivity index (χ1n) is 6.49. The Morgan fingerprint density at radius 3 is 2.70 bits per heavy atom. The Bertz CT molecular complexity index is 821. The van der Waals surface area contributed by atoms with E-state index in [4.69, 9.17) is 21.5 Å². The number of anilines is 1. The van der Waals surface area contributed by atoms with Crippen LogP contribution in [0.5, 0.6) is 0 Å². The van der Waals surface area contributed by atoms with Gasteiger partial charge in [0, 0.05) is 9.82 Å². The number of fused-ring (bicyclic) bond motifs is 1. The number of hydrogen-bond acceptors (Lipinski definition) is 8. The van der Waals surface area contributed by atoms with Gasteiger partial charge in [-0.1, -0.05) is 10.2 Å². The molecule has 0 aliphatic carbocycles. The number of aromatic nitrogens is 4. The summed E-state index contributed by atoms with van der Waals surface area (Å²) in [5, 5.41) is 16.6. The molecule has 3 N–H and O–H groups in total. The van der Waals surface area contributed by atoms with Crippen LogP contribution in [0.15, 0.2) is 22.9 Å². The molecule has 3 heterocycles. The van der Waals surface area contributed by atoms with Crippen molar-refractivity contribution in [1.29, 1.82) is 0 Å². The van der Waals surface area contributed by atoms with Gasteiger partial charge in [-0.15, -0.1) is 0 Å². The normalized spacial score (nSPS) is 26.7. The highest BCUT2D eigenvalue weighted by molar-refractivity contribution is 5.81. The maximum Gasteiger partial charge on any atom is 0.167 e. The Morgan fingerprint density at radius 1 is 1.26 bits per heavy atom. The summed E-state index contributed by atoms with van der Waals surface area (Å²) in [6.07, 6.45) is 1.01. The molecule has 0 bridgehead atoms. The lowest BCUT2D eigenvalue weighted by molar-refractivity contribution is -0.0260. The number of aliphatic hydroxyl groups is 1. The highest BCUT2D eigenvalue weighted by atomic mass is 16.5. The highest BCUT2D eigenvalue weighted by Crippen LogP contribution is 2.35. The van der Waals surface area contributed by atoms with Crippen LogP contribution >= 0.6 is 0 Å². The quantitative estimate of drug-likeness (QED) is 0.471. The van der Waals surface area contributed by atoms with Crippen LogP contribution in [0.3, 0.4) is 0 Å². The predicted octanol–water partition coefficient (Wildman–Crippen LogP) is 0.656. The van der Waals surface area contributed by atoms with Gasteiger partial charge in [0.05, 0.1) is 31.1 Å². The molecule has 4 atom stereocenters. The Kier molecular flexibility index (Phi) is 3.83. The zero-order valence-electron chi connectivity index (χ0n) is 11.6. The zero-order chi connectivity index (χ0) is 16.4. The second-order valence-corrected chi connectivity index (χ2v) is 4.72. The largest absolute Gasteiger partial charge is 0.394 e. The second kappa shape index (κ2) is 5.94. The van der Waals surface area contributed by atoms with E-state index in [0.717, 1.165) is 0 Å². The number of nitrogens with zero attached hydrogens (tertiary/aromatic N) is 10. The molecular formula is C10H11N11O2. The molecule has 0 radical (unpaired) electrons. The smallest absolute Gasteiger partial charge is 0.167 e. The van der Waals surface area contributed by atoms with Crippen molar-refractivity contribution >= 4 is 17.0 Å². The van der Waals surface area contributed by atoms with Crippen molar-refractivity contribution in [3.63, 3.8) is 0 Å². The van der Waals surface area contributed by atoms with Crippen LogP contribution < -0.4 is 5.73 Å². The Labute approximate surface area is 128 Å². The summed E-state index contributed by atoms with van der Waals surface area (Å²) >= 11 is 0. The molecule has 0 unspecified atom stereocenters. The van der Waals surface area contributed by atoms with Gasteiger partial charge in [-0.3, -0.25) is 4.57 Å². The first-order chi connectivity index (χ1) is 11.2. The molecule has 1 saturated heterocycles. The lowest BCUT2D eigenvalue weighted by Crippen LogP contribution is -2.30. The maximum absolute atomic E-state index is 9.41. The number of hydrogen-bond donors (Lipinski definition) is 2. The van der Waals surface area contributed by atoms with Crippen molar-refractivity contribution in [1.82, 2.24) is 19.5 Å². The number of aliphatic hydroxyl groups excluding tert-OH is 1. The molecule has 0 saturated carbocycles. The molecule has 23 heavy (non-hydrogen) atoms. The van der Waals surface area contributed by atoms with E-state index in [-0.39, 0.29) is 5.82 Å². The van der Waals surface area contributed by atoms with Crippen molar-refractivity contribution < 1.29 is 9.84 Å². The van der Waals surface area contributed by atoms with E-state index < -0.39 is 31.0 Å². The molecule has 0 aromatic carbocycles. The number of nitrogens with two attached hydrogens (primary N) is 1. The van der Waals surface area contributed by atoms with Crippen molar-refractivity contribution in [2.45, 2.75) is 24.4 Å². The van der Waals surface area contributed by atoms with Crippen LogP contribution in [0.1, 0.15) is 6.23 Å². The monoisotopic (exact) mass is 317 g/mol. The molecule has 0 spiro atoms. The summed E-state index contributed by atoms with van der Waals surface area (Å²) < 4.78 is 7.18. The van der Waals surface area contributed by atoms with E-state index in [2.05, 4.69) is 35.0 Å². The molecular weight excluding hydrogens is 306 g/mol. The summed E-state index contributed by atoms with van der Waals surface area (Å²) in [5.74, 6) is 0.192. The molecule has 1 aliphatic rings. The average Bonchev–Trinajstić information content (AvgIpc) is 3.11. The number of nitrogen functional groups attached to an aromatic ring is 1. The standard InChI is InChI=1S/C10H11N11O2/c11-8-7-9(15-2-14-8)21(3-16-7)10-6(18-20-13)5(17-19-12)4(1-22)23-10/h2-6,10,22H,1H2,(H2,11,14,15)/t4-,5-,6-,10-/m1/s1. The third-order valence-corrected chi connectivity index (χ3v) is 3.55. The fourth-order valence-corrected chi connectivity index (χ4v) is 2.55. The molecule has 1 fully saturated rings. The minimum Gasteiger partial charge on any atom is -0.394 e. The molecule has 2 aromatic rings. The Balaban J connectivity index is 2.11. The van der Waals surface area contributed by atoms with Gasteiger partial charge in [-0.25, -0.2) is 15.0 Å². The minimum atomic E-state index is -0.873. The number of imidazole rings is 1. The van der Waals surface area contributed by atoms with Gasteiger partial charge in [-0.05, 0) is 11.1 Å². The van der Waals surface area contributed by atoms with Crippen LogP contribution in [0.25, 0.3) is 32.0 Å². The van der Waals surface area contributed by atoms with E-state index in [1.165, 1.54) is 17.2 Å². The van der Waals surface area contributed by atoms with Crippen molar-refractivity contribution in [2.24, 2.45) is 10.2 Å². The summed E-state index contributed by atoms with van der Waals surface area (Å²) in [4.78, 5) is 17.5. The van der Waals surface area contributed by atoms with E-state index in [1.807, 2.05) is 0 Å². The minimum absolute atomic E-state index is 0.192. The molecule has 2 aromatic heterocycles. The van der Waals surface area contributed by atoms with Crippen LogP contribution in [-0.4, -0.2) is 49.4 Å². The summed E-state index contributed by atoms with van der Waals surface area (Å²) in [6.45, 7) is -0.401. The Morgan fingerprint density at radius 2 is 2.00 bits per heavy atom. The van der Waals surface area contributed by atoms with Gasteiger partial charge in [0.25, 0.3) is 0 Å². The van der Waals surface area contributed by atoms with Gasteiger partial charge in [-0.2, -0.15) is 0 Å². The first kappa shape index (κ1) is 14.8. The molecule has 1 aliphatic heterocycles. The van der Waals surface area contributed by atoms with Gasteiger partial charge >= 0.3 is 0 Å². The number of azide groups is 2. The summed E-state index contributed by atoms with van der Waals surface area (Å²) in [7, 11) is 0. The van der Waals surface area contributed by atoms with Crippen LogP contribution in [0.2, 0.25) is 0 Å². The lowest BCUT2D eigenvalue weighted by Gasteiger charge is -2.17. The molecule has 3 rings (SSSR count). The second-order valence-electron chi connectivity index (χ2n) is 4.72. The topological polar surface area (TPSA) is 197 Å². The SMILES string of the molecule is [N-]=[N+]=N[C@@H]1[C@H](N=[N+]=[N-])[C@@H](CO)O[C@H]1n1cnc2c(N)ncnc21. The number of ether oxygens (including phenoxy) is 1. The van der Waals surface area contributed by atoms with Crippen LogP contribution in [-0.2, 0) is 4.74 Å². The third-order valence-electron chi connectivity index (χ3n) is 3.55. The molecule has 13 heteroatoms. The fourth-order valence-electron chi connectivity index (χ4n) is 2.55. The van der Waals surface area contributed by atoms with Crippen molar-refractivity contribution in [3.8, 4) is 0 Å². The summed E-state index contributed by atoms with van der Waals surface area (Å²) in [6, 6.07) is -1.73. The lowest BCUT2D eigenvalue weighted by atomic mass is 10.1. The fraction of sp³-hybridized carbons (Fsp3) is 0.500. The van der Waals surface area contributed by atoms with E-state index in [1.54, 1.807) is 0 Å². The molecule has 0 amide bonds. The Hall–Kier alpha value is -3.11. The molecule has 13 nitrogen and oxygen atoms in total. The zero-order valence-corrected chi connectivity index (χ0v) is 11.6. The van der Waals surface area contributed by atoms with Crippen LogP contribution in [0, 0.1) is 0 Å². The third kappa shape index (κ3) is 2.35. The van der Waals surface area contributed by atoms with Gasteiger partial charge in [0.2, 0.25) is 0 Å². The highest BCUT2D eigenvalue weighted by Gasteiger charge is 2.45. The van der Waals surface area contributed by atoms with Gasteiger partial charge in [0.15, 0.2) is 11.5 Å². The maximum atomic E-state index is 9.41. The average molecular weight is 317 g/mol. The van der Waals surface area contributed by atoms with E-state index in [9.17, 15) is 5.11 Å². The van der Waals surface area contributed by atoms with Gasteiger partial charge < -0.3 is 15.6 Å². The summed E-state index contributed by atoms with van der Waals surface area (Å²) in [5.41, 5.74) is 23.9. The number of rotatable bonds is 4. The first-order valence-corrected chi connectivity index (χ1v) is 6.49. The van der Waals surface area contributed by atoms with Crippen LogP contribution in [0.4, 0.5) is 5.82 Å². The van der Waals surface area contributed by atoms with E-state index in [0.29, 0.717) is 11.2 Å².